The summed E-state index contributed by atoms with van der Waals surface area (Å²) in [7, 11) is 3.26. The van der Waals surface area contributed by atoms with E-state index in [4.69, 9.17) is 21.7 Å². The Morgan fingerprint density at radius 1 is 1.19 bits per heavy atom. The number of aromatic nitrogens is 2. The van der Waals surface area contributed by atoms with Crippen LogP contribution in [0.15, 0.2) is 24.4 Å². The second-order valence-corrected chi connectivity index (χ2v) is 3.63. The molecule has 0 aliphatic rings. The molecule has 0 amide bonds. The van der Waals surface area contributed by atoms with Crippen LogP contribution in [0, 0.1) is 4.77 Å². The number of methoxy groups -OCH3 is 2. The average Bonchev–Trinajstić information content (AvgIpc) is 2.75. The molecule has 2 N–H and O–H groups in total. The molecule has 0 atom stereocenters. The molecule has 0 bridgehead atoms. The summed E-state index contributed by atoms with van der Waals surface area (Å²) in [6.07, 6.45) is 1.81. The second kappa shape index (κ2) is 4.40. The fraction of sp³-hybridized carbons (Fsp3) is 0.182. The highest BCUT2D eigenvalue weighted by molar-refractivity contribution is 7.71. The van der Waals surface area contributed by atoms with Gasteiger partial charge in [-0.15, -0.1) is 0 Å². The van der Waals surface area contributed by atoms with Crippen LogP contribution in [0.5, 0.6) is 11.5 Å². The molecular weight excluding hydrogens is 224 g/mol. The highest BCUT2D eigenvalue weighted by atomic mass is 32.1. The van der Waals surface area contributed by atoms with E-state index in [1.807, 2.05) is 18.2 Å². The Morgan fingerprint density at radius 2 is 2.00 bits per heavy atom. The van der Waals surface area contributed by atoms with Gasteiger partial charge in [0.15, 0.2) is 4.77 Å². The zero-order valence-electron chi connectivity index (χ0n) is 9.03. The third-order valence-electron chi connectivity index (χ3n) is 2.29. The first-order valence-corrected chi connectivity index (χ1v) is 5.15. The molecule has 16 heavy (non-hydrogen) atoms. The number of aromatic amines is 2. The van der Waals surface area contributed by atoms with Gasteiger partial charge in [0.2, 0.25) is 0 Å². The summed E-state index contributed by atoms with van der Waals surface area (Å²) in [4.78, 5) is 5.96. The van der Waals surface area contributed by atoms with Gasteiger partial charge in [-0.2, -0.15) is 0 Å². The summed E-state index contributed by atoms with van der Waals surface area (Å²) in [6, 6.07) is 5.61. The van der Waals surface area contributed by atoms with Gasteiger partial charge in [0, 0.05) is 11.8 Å². The smallest absolute Gasteiger partial charge is 0.174 e. The molecule has 0 aliphatic heterocycles. The average molecular weight is 236 g/mol. The van der Waals surface area contributed by atoms with Crippen molar-refractivity contribution in [2.75, 3.05) is 14.2 Å². The third-order valence-corrected chi connectivity index (χ3v) is 2.51. The van der Waals surface area contributed by atoms with E-state index in [2.05, 4.69) is 9.97 Å². The summed E-state index contributed by atoms with van der Waals surface area (Å²) in [6.45, 7) is 0. The minimum absolute atomic E-state index is 0.583. The first kappa shape index (κ1) is 10.8. The van der Waals surface area contributed by atoms with Gasteiger partial charge >= 0.3 is 0 Å². The minimum atomic E-state index is 0.583. The number of hydrogen-bond acceptors (Lipinski definition) is 3. The van der Waals surface area contributed by atoms with E-state index in [1.165, 1.54) is 0 Å². The lowest BCUT2D eigenvalue weighted by atomic mass is 10.1. The summed E-state index contributed by atoms with van der Waals surface area (Å²) in [5.74, 6) is 1.54. The number of ether oxygens (including phenoxy) is 2. The van der Waals surface area contributed by atoms with Crippen LogP contribution in [0.1, 0.15) is 0 Å². The highest BCUT2D eigenvalue weighted by Crippen LogP contribution is 2.31. The molecule has 2 aromatic rings. The van der Waals surface area contributed by atoms with Crippen LogP contribution in [-0.2, 0) is 0 Å². The van der Waals surface area contributed by atoms with Crippen molar-refractivity contribution in [3.05, 3.63) is 29.2 Å². The van der Waals surface area contributed by atoms with Gasteiger partial charge in [0.25, 0.3) is 0 Å². The van der Waals surface area contributed by atoms with Crippen molar-refractivity contribution in [1.29, 1.82) is 0 Å². The number of rotatable bonds is 3. The Labute approximate surface area is 98.2 Å². The van der Waals surface area contributed by atoms with Gasteiger partial charge in [-0.25, -0.2) is 0 Å². The maximum absolute atomic E-state index is 5.29. The Balaban J connectivity index is 2.56. The second-order valence-electron chi connectivity index (χ2n) is 3.22. The van der Waals surface area contributed by atoms with Gasteiger partial charge in [-0.3, -0.25) is 0 Å². The number of hydrogen-bond donors (Lipinski definition) is 2. The topological polar surface area (TPSA) is 50.0 Å². The first-order valence-electron chi connectivity index (χ1n) is 4.74. The van der Waals surface area contributed by atoms with Crippen molar-refractivity contribution in [3.8, 4) is 22.8 Å². The minimum Gasteiger partial charge on any atom is -0.497 e. The van der Waals surface area contributed by atoms with E-state index in [9.17, 15) is 0 Å². The number of benzene rings is 1. The monoisotopic (exact) mass is 236 g/mol. The molecule has 0 aliphatic carbocycles. The number of H-pyrrole nitrogens is 2. The largest absolute Gasteiger partial charge is 0.497 e. The quantitative estimate of drug-likeness (QED) is 0.806. The zero-order valence-corrected chi connectivity index (χ0v) is 9.85. The molecule has 1 heterocycles. The van der Waals surface area contributed by atoms with Crippen LogP contribution in [0.3, 0.4) is 0 Å². The van der Waals surface area contributed by atoms with Crippen molar-refractivity contribution < 1.29 is 9.47 Å². The van der Waals surface area contributed by atoms with Gasteiger partial charge in [-0.05, 0) is 30.4 Å². The molecule has 0 radical (unpaired) electrons. The fourth-order valence-corrected chi connectivity index (χ4v) is 1.67. The van der Waals surface area contributed by atoms with Crippen molar-refractivity contribution in [2.24, 2.45) is 0 Å². The maximum atomic E-state index is 5.29. The van der Waals surface area contributed by atoms with Gasteiger partial charge in [0.05, 0.1) is 19.9 Å². The predicted molar refractivity (Wildman–Crippen MR) is 64.5 cm³/mol. The fourth-order valence-electron chi connectivity index (χ4n) is 1.50. The van der Waals surface area contributed by atoms with Crippen LogP contribution < -0.4 is 9.47 Å². The van der Waals surface area contributed by atoms with Crippen molar-refractivity contribution >= 4 is 12.2 Å². The van der Waals surface area contributed by atoms with E-state index in [-0.39, 0.29) is 0 Å². The summed E-state index contributed by atoms with van der Waals surface area (Å²) in [5, 5.41) is 0. The van der Waals surface area contributed by atoms with Crippen LogP contribution in [0.4, 0.5) is 0 Å². The van der Waals surface area contributed by atoms with Crippen molar-refractivity contribution in [1.82, 2.24) is 9.97 Å². The standard InChI is InChI=1S/C11H12N2O2S/c1-14-7-3-4-10(15-2)8(5-7)9-6-12-11(16)13-9/h3-6H,1-2H3,(H2,12,13,16). The normalized spacial score (nSPS) is 10.1. The predicted octanol–water partition coefficient (Wildman–Crippen LogP) is 2.76. The Bertz CT molecular complexity index is 545. The lowest BCUT2D eigenvalue weighted by Crippen LogP contribution is -1.90. The Kier molecular flexibility index (Phi) is 2.96. The van der Waals surface area contributed by atoms with E-state index < -0.39 is 0 Å². The third kappa shape index (κ3) is 1.94. The van der Waals surface area contributed by atoms with Crippen molar-refractivity contribution in [2.45, 2.75) is 0 Å². The van der Waals surface area contributed by atoms with Crippen LogP contribution in [0.2, 0.25) is 0 Å². The number of nitrogens with one attached hydrogen (secondary N) is 2. The summed E-state index contributed by atoms with van der Waals surface area (Å²) >= 11 is 4.99. The Hall–Kier alpha value is -1.75. The molecule has 0 spiro atoms. The van der Waals surface area contributed by atoms with E-state index in [0.29, 0.717) is 4.77 Å². The van der Waals surface area contributed by atoms with Gasteiger partial charge < -0.3 is 19.4 Å². The molecule has 0 saturated heterocycles. The molecule has 0 unspecified atom stereocenters. The number of imidazole rings is 1. The van der Waals surface area contributed by atoms with Crippen LogP contribution >= 0.6 is 12.2 Å². The lowest BCUT2D eigenvalue weighted by molar-refractivity contribution is 0.404. The maximum Gasteiger partial charge on any atom is 0.174 e. The van der Waals surface area contributed by atoms with E-state index >= 15 is 0 Å². The molecule has 1 aromatic heterocycles. The molecule has 0 fully saturated rings. The Morgan fingerprint density at radius 3 is 2.56 bits per heavy atom. The molecule has 2 rings (SSSR count). The molecule has 5 heteroatoms. The van der Waals surface area contributed by atoms with Crippen molar-refractivity contribution in [3.63, 3.8) is 0 Å². The molecule has 1 aromatic carbocycles. The lowest BCUT2D eigenvalue weighted by Gasteiger charge is -2.08. The molecule has 84 valence electrons. The van der Waals surface area contributed by atoms with Gasteiger partial charge in [-0.1, -0.05) is 0 Å². The zero-order chi connectivity index (χ0) is 11.5. The summed E-state index contributed by atoms with van der Waals surface area (Å²) < 4.78 is 11.0. The van der Waals surface area contributed by atoms with Crippen LogP contribution in [-0.4, -0.2) is 24.2 Å². The van der Waals surface area contributed by atoms with Gasteiger partial charge in [0.1, 0.15) is 11.5 Å². The SMILES string of the molecule is COc1ccc(OC)c(-c2c[nH]c(=S)[nH]2)c1. The van der Waals surface area contributed by atoms with Crippen LogP contribution in [0.25, 0.3) is 11.3 Å². The molecule has 4 nitrogen and oxygen atoms in total. The van der Waals surface area contributed by atoms with E-state index in [1.54, 1.807) is 20.4 Å². The summed E-state index contributed by atoms with van der Waals surface area (Å²) in [5.41, 5.74) is 1.79. The highest BCUT2D eigenvalue weighted by Gasteiger charge is 2.08. The molecule has 0 saturated carbocycles. The molecular formula is C11H12N2O2S. The van der Waals surface area contributed by atoms with E-state index in [0.717, 1.165) is 22.8 Å². The first-order chi connectivity index (χ1) is 7.74.